The van der Waals surface area contributed by atoms with Crippen LogP contribution in [0.15, 0.2) is 12.1 Å². The maximum atomic E-state index is 13.4. The maximum Gasteiger partial charge on any atom is 0.335 e. The first-order chi connectivity index (χ1) is 6.91. The minimum atomic E-state index is -1.08. The Balaban J connectivity index is 3.17. The zero-order chi connectivity index (χ0) is 11.6. The standard InChI is InChI=1S/C11H13FO3/c1-6-3-10(12)8(4-7(2)13)5-9(6)11(14)15/h3,5,7,13H,4H2,1-2H3,(H,14,15). The number of carbonyl (C=O) groups is 1. The molecule has 0 amide bonds. The number of hydrogen-bond acceptors (Lipinski definition) is 2. The van der Waals surface area contributed by atoms with Gasteiger partial charge in [-0.25, -0.2) is 9.18 Å². The predicted molar refractivity (Wildman–Crippen MR) is 53.5 cm³/mol. The van der Waals surface area contributed by atoms with Gasteiger partial charge in [-0.05, 0) is 37.1 Å². The average Bonchev–Trinajstić information content (AvgIpc) is 2.08. The van der Waals surface area contributed by atoms with Crippen LogP contribution in [0.1, 0.15) is 28.4 Å². The first-order valence-electron chi connectivity index (χ1n) is 4.62. The molecule has 1 unspecified atom stereocenters. The number of aliphatic hydroxyl groups is 1. The van der Waals surface area contributed by atoms with Crippen molar-refractivity contribution in [3.05, 3.63) is 34.6 Å². The number of hydrogen-bond donors (Lipinski definition) is 2. The third-order valence-corrected chi connectivity index (χ3v) is 2.14. The van der Waals surface area contributed by atoms with E-state index in [4.69, 9.17) is 10.2 Å². The summed E-state index contributed by atoms with van der Waals surface area (Å²) in [6.07, 6.45) is -0.573. The van der Waals surface area contributed by atoms with Crippen molar-refractivity contribution in [3.63, 3.8) is 0 Å². The van der Waals surface area contributed by atoms with Crippen molar-refractivity contribution in [2.24, 2.45) is 0 Å². The van der Waals surface area contributed by atoms with E-state index in [2.05, 4.69) is 0 Å². The lowest BCUT2D eigenvalue weighted by Crippen LogP contribution is -2.09. The second-order valence-corrected chi connectivity index (χ2v) is 3.62. The average molecular weight is 212 g/mol. The maximum absolute atomic E-state index is 13.4. The smallest absolute Gasteiger partial charge is 0.335 e. The van der Waals surface area contributed by atoms with Crippen LogP contribution in [-0.4, -0.2) is 22.3 Å². The van der Waals surface area contributed by atoms with Crippen LogP contribution in [0, 0.1) is 12.7 Å². The van der Waals surface area contributed by atoms with E-state index in [1.165, 1.54) is 19.1 Å². The number of carboxylic acids is 1. The van der Waals surface area contributed by atoms with Crippen LogP contribution < -0.4 is 0 Å². The molecule has 0 aliphatic carbocycles. The largest absolute Gasteiger partial charge is 0.478 e. The zero-order valence-electron chi connectivity index (χ0n) is 8.62. The Morgan fingerprint density at radius 3 is 2.60 bits per heavy atom. The van der Waals surface area contributed by atoms with Crippen LogP contribution in [0.5, 0.6) is 0 Å². The second-order valence-electron chi connectivity index (χ2n) is 3.62. The van der Waals surface area contributed by atoms with E-state index in [1.54, 1.807) is 6.92 Å². The Morgan fingerprint density at radius 1 is 1.53 bits per heavy atom. The Bertz CT molecular complexity index is 386. The monoisotopic (exact) mass is 212 g/mol. The Labute approximate surface area is 87.2 Å². The molecule has 0 fully saturated rings. The molecule has 1 aromatic rings. The van der Waals surface area contributed by atoms with Gasteiger partial charge in [-0.3, -0.25) is 0 Å². The van der Waals surface area contributed by atoms with Crippen molar-refractivity contribution in [2.45, 2.75) is 26.4 Å². The van der Waals surface area contributed by atoms with E-state index in [0.29, 0.717) is 5.56 Å². The quantitative estimate of drug-likeness (QED) is 0.802. The molecule has 82 valence electrons. The van der Waals surface area contributed by atoms with E-state index >= 15 is 0 Å². The van der Waals surface area contributed by atoms with Crippen molar-refractivity contribution in [1.29, 1.82) is 0 Å². The van der Waals surface area contributed by atoms with Crippen LogP contribution in [0.2, 0.25) is 0 Å². The minimum absolute atomic E-state index is 0.0760. The molecule has 2 N–H and O–H groups in total. The van der Waals surface area contributed by atoms with Gasteiger partial charge in [-0.2, -0.15) is 0 Å². The molecule has 0 heterocycles. The Kier molecular flexibility index (Phi) is 3.42. The number of rotatable bonds is 3. The molecule has 4 heteroatoms. The lowest BCUT2D eigenvalue weighted by molar-refractivity contribution is 0.0695. The molecule has 1 aromatic carbocycles. The van der Waals surface area contributed by atoms with E-state index in [0.717, 1.165) is 0 Å². The third-order valence-electron chi connectivity index (χ3n) is 2.14. The molecule has 1 atom stereocenters. The van der Waals surface area contributed by atoms with E-state index in [1.807, 2.05) is 0 Å². The number of aryl methyl sites for hydroxylation is 1. The van der Waals surface area contributed by atoms with Crippen molar-refractivity contribution in [3.8, 4) is 0 Å². The molecule has 0 aromatic heterocycles. The second kappa shape index (κ2) is 4.40. The normalized spacial score (nSPS) is 12.5. The number of carboxylic acid groups (broad SMARTS) is 1. The van der Waals surface area contributed by atoms with Gasteiger partial charge in [-0.15, -0.1) is 0 Å². The highest BCUT2D eigenvalue weighted by Crippen LogP contribution is 2.17. The van der Waals surface area contributed by atoms with Gasteiger partial charge < -0.3 is 10.2 Å². The molecule has 0 bridgehead atoms. The number of benzene rings is 1. The van der Waals surface area contributed by atoms with E-state index in [-0.39, 0.29) is 17.5 Å². The number of aliphatic hydroxyl groups excluding tert-OH is 1. The van der Waals surface area contributed by atoms with Gasteiger partial charge in [0.1, 0.15) is 5.82 Å². The molecule has 0 spiro atoms. The van der Waals surface area contributed by atoms with Gasteiger partial charge in [0.15, 0.2) is 0 Å². The van der Waals surface area contributed by atoms with Crippen molar-refractivity contribution >= 4 is 5.97 Å². The van der Waals surface area contributed by atoms with Gasteiger partial charge in [0.2, 0.25) is 0 Å². The molecule has 0 radical (unpaired) electrons. The van der Waals surface area contributed by atoms with Gasteiger partial charge in [0, 0.05) is 6.42 Å². The van der Waals surface area contributed by atoms with Crippen molar-refractivity contribution in [2.75, 3.05) is 0 Å². The highest BCUT2D eigenvalue weighted by molar-refractivity contribution is 5.89. The van der Waals surface area contributed by atoms with Crippen LogP contribution >= 0.6 is 0 Å². The molecule has 1 rings (SSSR count). The first kappa shape index (κ1) is 11.7. The van der Waals surface area contributed by atoms with Crippen LogP contribution in [0.3, 0.4) is 0 Å². The predicted octanol–water partition coefficient (Wildman–Crippen LogP) is 1.76. The summed E-state index contributed by atoms with van der Waals surface area (Å²) in [6, 6.07) is 2.46. The minimum Gasteiger partial charge on any atom is -0.478 e. The summed E-state index contributed by atoms with van der Waals surface area (Å²) in [5.41, 5.74) is 0.689. The molecule has 0 saturated carbocycles. The fourth-order valence-electron chi connectivity index (χ4n) is 1.42. The van der Waals surface area contributed by atoms with E-state index in [9.17, 15) is 9.18 Å². The molecule has 0 aliphatic rings. The fraction of sp³-hybridized carbons (Fsp3) is 0.364. The lowest BCUT2D eigenvalue weighted by atomic mass is 10.0. The van der Waals surface area contributed by atoms with Gasteiger partial charge in [0.05, 0.1) is 11.7 Å². The summed E-state index contributed by atoms with van der Waals surface area (Å²) in [4.78, 5) is 10.8. The third kappa shape index (κ3) is 2.76. The van der Waals surface area contributed by atoms with Crippen LogP contribution in [0.25, 0.3) is 0 Å². The van der Waals surface area contributed by atoms with Gasteiger partial charge in [0.25, 0.3) is 0 Å². The Hall–Kier alpha value is -1.42. The zero-order valence-corrected chi connectivity index (χ0v) is 8.62. The molecule has 0 aliphatic heterocycles. The molecular formula is C11H13FO3. The summed E-state index contributed by atoms with van der Waals surface area (Å²) >= 11 is 0. The summed E-state index contributed by atoms with van der Waals surface area (Å²) < 4.78 is 13.4. The topological polar surface area (TPSA) is 57.5 Å². The Morgan fingerprint density at radius 2 is 2.13 bits per heavy atom. The fourth-order valence-corrected chi connectivity index (χ4v) is 1.42. The summed E-state index contributed by atoms with van der Waals surface area (Å²) in [5, 5.41) is 17.9. The number of halogens is 1. The highest BCUT2D eigenvalue weighted by Gasteiger charge is 2.13. The lowest BCUT2D eigenvalue weighted by Gasteiger charge is -2.09. The summed E-state index contributed by atoms with van der Waals surface area (Å²) in [6.45, 7) is 3.07. The van der Waals surface area contributed by atoms with E-state index < -0.39 is 17.9 Å². The molecule has 0 saturated heterocycles. The molecule has 15 heavy (non-hydrogen) atoms. The first-order valence-corrected chi connectivity index (χ1v) is 4.62. The molecular weight excluding hydrogens is 199 g/mol. The summed E-state index contributed by atoms with van der Waals surface area (Å²) in [5.74, 6) is -1.56. The van der Waals surface area contributed by atoms with Gasteiger partial charge in [-0.1, -0.05) is 0 Å². The SMILES string of the molecule is Cc1cc(F)c(CC(C)O)cc1C(=O)O. The molecule has 3 nitrogen and oxygen atoms in total. The highest BCUT2D eigenvalue weighted by atomic mass is 19.1. The van der Waals surface area contributed by atoms with Gasteiger partial charge >= 0.3 is 5.97 Å². The van der Waals surface area contributed by atoms with Crippen molar-refractivity contribution in [1.82, 2.24) is 0 Å². The summed E-state index contributed by atoms with van der Waals surface area (Å²) in [7, 11) is 0. The van der Waals surface area contributed by atoms with Crippen LogP contribution in [0.4, 0.5) is 4.39 Å². The number of aromatic carboxylic acids is 1. The van der Waals surface area contributed by atoms with Crippen molar-refractivity contribution < 1.29 is 19.4 Å². The van der Waals surface area contributed by atoms with Crippen LogP contribution in [-0.2, 0) is 6.42 Å².